The van der Waals surface area contributed by atoms with E-state index in [-0.39, 0.29) is 5.41 Å². The summed E-state index contributed by atoms with van der Waals surface area (Å²) in [6.45, 7) is 8.57. The first-order valence-corrected chi connectivity index (χ1v) is 8.47. The molecule has 0 amide bonds. The minimum absolute atomic E-state index is 0.0290. The zero-order valence-electron chi connectivity index (χ0n) is 14.5. The van der Waals surface area contributed by atoms with Crippen LogP contribution in [-0.4, -0.2) is 14.8 Å². The molecule has 3 aromatic rings. The average molecular weight is 340 g/mol. The first kappa shape index (κ1) is 16.7. The number of aromatic nitrogens is 3. The molecule has 1 aromatic carbocycles. The fraction of sp³-hybridized carbons (Fsp3) is 0.300. The largest absolute Gasteiger partial charge is 0.233 e. The molecule has 124 valence electrons. The van der Waals surface area contributed by atoms with E-state index in [1.807, 2.05) is 35.1 Å². The summed E-state index contributed by atoms with van der Waals surface area (Å²) in [5.41, 5.74) is 4.49. The van der Waals surface area contributed by atoms with Crippen LogP contribution in [0, 0.1) is 6.92 Å². The highest BCUT2D eigenvalue weighted by Crippen LogP contribution is 2.21. The van der Waals surface area contributed by atoms with Gasteiger partial charge in [0.15, 0.2) is 5.82 Å². The maximum Gasteiger partial charge on any atom is 0.153 e. The third-order valence-corrected chi connectivity index (χ3v) is 4.15. The molecule has 0 bridgehead atoms. The SMILES string of the molecule is Cc1cc(Cc2ccc(Cl)cc2)nc(-n2ccc(C(C)(C)C)n2)c1. The summed E-state index contributed by atoms with van der Waals surface area (Å²) in [6.07, 6.45) is 2.76. The number of rotatable bonds is 3. The Morgan fingerprint density at radius 3 is 2.38 bits per heavy atom. The minimum Gasteiger partial charge on any atom is -0.233 e. The summed E-state index contributed by atoms with van der Waals surface area (Å²) in [4.78, 5) is 4.78. The van der Waals surface area contributed by atoms with Crippen molar-refractivity contribution < 1.29 is 0 Å². The zero-order valence-corrected chi connectivity index (χ0v) is 15.3. The van der Waals surface area contributed by atoms with E-state index < -0.39 is 0 Å². The number of pyridine rings is 1. The highest BCUT2D eigenvalue weighted by Gasteiger charge is 2.17. The summed E-state index contributed by atoms with van der Waals surface area (Å²) in [5.74, 6) is 0.856. The summed E-state index contributed by atoms with van der Waals surface area (Å²) >= 11 is 5.96. The molecule has 0 aliphatic carbocycles. The van der Waals surface area contributed by atoms with Crippen molar-refractivity contribution in [3.63, 3.8) is 0 Å². The molecule has 2 aromatic heterocycles. The second-order valence-electron chi connectivity index (χ2n) is 7.19. The van der Waals surface area contributed by atoms with Crippen molar-refractivity contribution >= 4 is 11.6 Å². The van der Waals surface area contributed by atoms with Crippen LogP contribution in [0.25, 0.3) is 5.82 Å². The van der Waals surface area contributed by atoms with E-state index in [4.69, 9.17) is 16.6 Å². The van der Waals surface area contributed by atoms with Gasteiger partial charge in [0.2, 0.25) is 0 Å². The van der Waals surface area contributed by atoms with Crippen LogP contribution in [0.3, 0.4) is 0 Å². The van der Waals surface area contributed by atoms with Crippen LogP contribution in [-0.2, 0) is 11.8 Å². The molecule has 0 saturated heterocycles. The molecule has 2 heterocycles. The summed E-state index contributed by atoms with van der Waals surface area (Å²) < 4.78 is 1.86. The fourth-order valence-electron chi connectivity index (χ4n) is 2.59. The molecule has 0 spiro atoms. The van der Waals surface area contributed by atoms with Crippen molar-refractivity contribution in [3.05, 3.63) is 76.2 Å². The van der Waals surface area contributed by atoms with E-state index in [1.54, 1.807) is 0 Å². The lowest BCUT2D eigenvalue weighted by Gasteiger charge is -2.14. The minimum atomic E-state index is 0.0290. The topological polar surface area (TPSA) is 30.7 Å². The van der Waals surface area contributed by atoms with Crippen molar-refractivity contribution in [3.8, 4) is 5.82 Å². The third kappa shape index (κ3) is 3.85. The Morgan fingerprint density at radius 2 is 1.75 bits per heavy atom. The molecule has 3 nitrogen and oxygen atoms in total. The van der Waals surface area contributed by atoms with Crippen LogP contribution >= 0.6 is 11.6 Å². The van der Waals surface area contributed by atoms with E-state index in [0.717, 1.165) is 28.6 Å². The molecule has 0 saturated carbocycles. The Balaban J connectivity index is 1.91. The molecule has 4 heteroatoms. The van der Waals surface area contributed by atoms with Gasteiger partial charge in [-0.15, -0.1) is 0 Å². The molecule has 24 heavy (non-hydrogen) atoms. The van der Waals surface area contributed by atoms with Crippen molar-refractivity contribution in [1.82, 2.24) is 14.8 Å². The lowest BCUT2D eigenvalue weighted by molar-refractivity contribution is 0.559. The van der Waals surface area contributed by atoms with E-state index in [0.29, 0.717) is 0 Å². The molecule has 0 aliphatic heterocycles. The van der Waals surface area contributed by atoms with Gasteiger partial charge in [-0.05, 0) is 48.4 Å². The second kappa shape index (κ2) is 6.40. The van der Waals surface area contributed by atoms with Crippen LogP contribution < -0.4 is 0 Å². The highest BCUT2D eigenvalue weighted by molar-refractivity contribution is 6.30. The summed E-state index contributed by atoms with van der Waals surface area (Å²) in [5, 5.41) is 5.44. The van der Waals surface area contributed by atoms with Crippen molar-refractivity contribution in [2.75, 3.05) is 0 Å². The van der Waals surface area contributed by atoms with Crippen LogP contribution in [0.5, 0.6) is 0 Å². The first-order valence-electron chi connectivity index (χ1n) is 8.10. The monoisotopic (exact) mass is 339 g/mol. The molecule has 0 atom stereocenters. The number of halogens is 1. The van der Waals surface area contributed by atoms with Crippen LogP contribution in [0.1, 0.15) is 43.3 Å². The summed E-state index contributed by atoms with van der Waals surface area (Å²) in [7, 11) is 0. The Labute approximate surface area is 148 Å². The number of nitrogens with zero attached hydrogens (tertiary/aromatic N) is 3. The maximum absolute atomic E-state index is 5.96. The summed E-state index contributed by atoms with van der Waals surface area (Å²) in [6, 6.07) is 14.1. The second-order valence-corrected chi connectivity index (χ2v) is 7.63. The fourth-order valence-corrected chi connectivity index (χ4v) is 2.72. The number of benzene rings is 1. The Kier molecular flexibility index (Phi) is 4.46. The molecule has 3 rings (SSSR count). The average Bonchev–Trinajstić information content (AvgIpc) is 2.99. The van der Waals surface area contributed by atoms with Gasteiger partial charge in [0, 0.05) is 28.7 Å². The molecule has 0 aliphatic rings. The van der Waals surface area contributed by atoms with Gasteiger partial charge in [0.25, 0.3) is 0 Å². The number of aryl methyl sites for hydroxylation is 1. The Hall–Kier alpha value is -2.13. The van der Waals surface area contributed by atoms with E-state index in [2.05, 4.69) is 51.0 Å². The Bertz CT molecular complexity index is 842. The van der Waals surface area contributed by atoms with Crippen molar-refractivity contribution in [2.45, 2.75) is 39.5 Å². The van der Waals surface area contributed by atoms with E-state index >= 15 is 0 Å². The number of hydrogen-bond acceptors (Lipinski definition) is 2. The van der Waals surface area contributed by atoms with Crippen molar-refractivity contribution in [1.29, 1.82) is 0 Å². The predicted octanol–water partition coefficient (Wildman–Crippen LogP) is 5.12. The van der Waals surface area contributed by atoms with Gasteiger partial charge in [-0.3, -0.25) is 0 Å². The maximum atomic E-state index is 5.96. The first-order chi connectivity index (χ1) is 11.3. The van der Waals surface area contributed by atoms with Gasteiger partial charge < -0.3 is 0 Å². The van der Waals surface area contributed by atoms with Gasteiger partial charge in [-0.2, -0.15) is 5.10 Å². The van der Waals surface area contributed by atoms with Crippen LogP contribution in [0.2, 0.25) is 5.02 Å². The van der Waals surface area contributed by atoms with Gasteiger partial charge in [0.05, 0.1) is 5.69 Å². The Morgan fingerprint density at radius 1 is 1.04 bits per heavy atom. The smallest absolute Gasteiger partial charge is 0.153 e. The lowest BCUT2D eigenvalue weighted by Crippen LogP contribution is -2.13. The van der Waals surface area contributed by atoms with Crippen LogP contribution in [0.4, 0.5) is 0 Å². The standard InChI is InChI=1S/C20H22ClN3/c1-14-11-17(13-15-5-7-16(21)8-6-15)22-19(12-14)24-10-9-18(23-24)20(2,3)4/h5-12H,13H2,1-4H3. The van der Waals surface area contributed by atoms with Gasteiger partial charge in [-0.1, -0.05) is 44.5 Å². The molecule has 0 N–H and O–H groups in total. The molecular formula is C20H22ClN3. The molecular weight excluding hydrogens is 318 g/mol. The van der Waals surface area contributed by atoms with Crippen molar-refractivity contribution in [2.24, 2.45) is 0 Å². The van der Waals surface area contributed by atoms with E-state index in [9.17, 15) is 0 Å². The van der Waals surface area contributed by atoms with Gasteiger partial charge in [0.1, 0.15) is 0 Å². The van der Waals surface area contributed by atoms with Gasteiger partial charge >= 0.3 is 0 Å². The molecule has 0 fully saturated rings. The predicted molar refractivity (Wildman–Crippen MR) is 99.1 cm³/mol. The lowest BCUT2D eigenvalue weighted by atomic mass is 9.93. The van der Waals surface area contributed by atoms with Crippen LogP contribution in [0.15, 0.2) is 48.7 Å². The molecule has 0 radical (unpaired) electrons. The third-order valence-electron chi connectivity index (χ3n) is 3.90. The highest BCUT2D eigenvalue weighted by atomic mass is 35.5. The normalized spacial score (nSPS) is 11.7. The van der Waals surface area contributed by atoms with E-state index in [1.165, 1.54) is 11.1 Å². The molecule has 0 unspecified atom stereocenters. The number of hydrogen-bond donors (Lipinski definition) is 0. The van der Waals surface area contributed by atoms with Gasteiger partial charge in [-0.25, -0.2) is 9.67 Å². The zero-order chi connectivity index (χ0) is 17.3. The quantitative estimate of drug-likeness (QED) is 0.663.